The molecule has 1 fully saturated rings. The van der Waals surface area contributed by atoms with Crippen LogP contribution in [0.3, 0.4) is 0 Å². The Hall–Kier alpha value is -2.01. The van der Waals surface area contributed by atoms with Gasteiger partial charge in [-0.05, 0) is 37.0 Å². The lowest BCUT2D eigenvalue weighted by Crippen LogP contribution is -2.54. The van der Waals surface area contributed by atoms with Crippen molar-refractivity contribution >= 4 is 12.0 Å². The lowest BCUT2D eigenvalue weighted by Gasteiger charge is -2.42. The molecule has 2 atom stereocenters. The Morgan fingerprint density at radius 1 is 1.33 bits per heavy atom. The fraction of sp³-hybridized carbons (Fsp3) is 0.591. The van der Waals surface area contributed by atoms with E-state index in [1.165, 1.54) is 32.1 Å². The zero-order valence-electron chi connectivity index (χ0n) is 16.6. The summed E-state index contributed by atoms with van der Waals surface area (Å²) in [6.45, 7) is 2.44. The van der Waals surface area contributed by atoms with Crippen LogP contribution in [0.2, 0.25) is 0 Å². The van der Waals surface area contributed by atoms with Gasteiger partial charge in [0.2, 0.25) is 0 Å². The summed E-state index contributed by atoms with van der Waals surface area (Å²) in [6.07, 6.45) is 11.3. The minimum Gasteiger partial charge on any atom is -0.491 e. The van der Waals surface area contributed by atoms with Gasteiger partial charge < -0.3 is 20.5 Å². The van der Waals surface area contributed by atoms with E-state index in [9.17, 15) is 5.11 Å². The summed E-state index contributed by atoms with van der Waals surface area (Å²) < 4.78 is 6.18. The maximum Gasteiger partial charge on any atom is 0.193 e. The second kappa shape index (κ2) is 8.79. The summed E-state index contributed by atoms with van der Waals surface area (Å²) in [6, 6.07) is 8.06. The SMILES string of the molecule is CC=Cc1cccc(OCC2(CC3CCCCC3)CC(O)N(C)C(N)=N2)c1. The molecule has 27 heavy (non-hydrogen) atoms. The van der Waals surface area contributed by atoms with Gasteiger partial charge in [0.1, 0.15) is 24.1 Å². The lowest BCUT2D eigenvalue weighted by atomic mass is 9.77. The molecular weight excluding hydrogens is 338 g/mol. The monoisotopic (exact) mass is 371 g/mol. The number of nitrogens with zero attached hydrogens (tertiary/aromatic N) is 2. The molecule has 0 bridgehead atoms. The van der Waals surface area contributed by atoms with Crippen LogP contribution in [0.25, 0.3) is 6.08 Å². The molecule has 0 saturated heterocycles. The van der Waals surface area contributed by atoms with Gasteiger partial charge in [0.05, 0.1) is 0 Å². The van der Waals surface area contributed by atoms with Gasteiger partial charge in [0.25, 0.3) is 0 Å². The van der Waals surface area contributed by atoms with Gasteiger partial charge in [-0.3, -0.25) is 0 Å². The molecule has 1 heterocycles. The Labute approximate surface area is 162 Å². The first-order valence-corrected chi connectivity index (χ1v) is 10.1. The number of benzene rings is 1. The molecule has 2 aliphatic rings. The molecule has 0 spiro atoms. The van der Waals surface area contributed by atoms with Crippen molar-refractivity contribution in [2.24, 2.45) is 16.6 Å². The van der Waals surface area contributed by atoms with Crippen molar-refractivity contribution in [1.29, 1.82) is 0 Å². The summed E-state index contributed by atoms with van der Waals surface area (Å²) in [5.74, 6) is 1.86. The second-order valence-electron chi connectivity index (χ2n) is 8.06. The van der Waals surface area contributed by atoms with E-state index in [0.29, 0.717) is 24.9 Å². The highest BCUT2D eigenvalue weighted by Crippen LogP contribution is 2.37. The lowest BCUT2D eigenvalue weighted by molar-refractivity contribution is 0.00758. The molecule has 2 unspecified atom stereocenters. The Balaban J connectivity index is 1.78. The van der Waals surface area contributed by atoms with Gasteiger partial charge >= 0.3 is 0 Å². The number of hydrogen-bond acceptors (Lipinski definition) is 5. The molecule has 1 aromatic carbocycles. The minimum atomic E-state index is -0.621. The molecule has 1 aliphatic heterocycles. The van der Waals surface area contributed by atoms with Crippen LogP contribution in [0.15, 0.2) is 35.3 Å². The van der Waals surface area contributed by atoms with Crippen molar-refractivity contribution < 1.29 is 9.84 Å². The molecule has 1 saturated carbocycles. The van der Waals surface area contributed by atoms with Crippen LogP contribution in [0.1, 0.15) is 57.4 Å². The first kappa shape index (κ1) is 19.7. The van der Waals surface area contributed by atoms with Crippen LogP contribution < -0.4 is 10.5 Å². The van der Waals surface area contributed by atoms with Crippen molar-refractivity contribution in [2.45, 2.75) is 63.6 Å². The van der Waals surface area contributed by atoms with Crippen molar-refractivity contribution in [3.8, 4) is 5.75 Å². The third kappa shape index (κ3) is 5.04. The molecule has 3 N–H and O–H groups in total. The summed E-state index contributed by atoms with van der Waals surface area (Å²) in [5, 5.41) is 10.5. The van der Waals surface area contributed by atoms with Crippen LogP contribution >= 0.6 is 0 Å². The normalized spacial score (nSPS) is 27.0. The largest absolute Gasteiger partial charge is 0.491 e. The molecule has 1 aliphatic carbocycles. The summed E-state index contributed by atoms with van der Waals surface area (Å²) in [7, 11) is 1.79. The number of rotatable bonds is 6. The van der Waals surface area contributed by atoms with E-state index in [4.69, 9.17) is 15.5 Å². The summed E-state index contributed by atoms with van der Waals surface area (Å²) in [4.78, 5) is 6.48. The van der Waals surface area contributed by atoms with Crippen LogP contribution in [0.5, 0.6) is 5.75 Å². The highest BCUT2D eigenvalue weighted by atomic mass is 16.5. The molecular formula is C22H33N3O2. The molecule has 1 aromatic rings. The van der Waals surface area contributed by atoms with Crippen LogP contribution in [0, 0.1) is 5.92 Å². The van der Waals surface area contributed by atoms with Gasteiger partial charge in [-0.25, -0.2) is 4.99 Å². The zero-order chi connectivity index (χ0) is 19.3. The third-order valence-electron chi connectivity index (χ3n) is 5.84. The number of ether oxygens (including phenoxy) is 1. The van der Waals surface area contributed by atoms with Gasteiger partial charge in [-0.1, -0.05) is 56.4 Å². The topological polar surface area (TPSA) is 71.1 Å². The number of guanidine groups is 1. The summed E-state index contributed by atoms with van der Waals surface area (Å²) in [5.41, 5.74) is 6.78. The first-order valence-electron chi connectivity index (χ1n) is 10.1. The van der Waals surface area contributed by atoms with Gasteiger partial charge in [-0.15, -0.1) is 0 Å². The van der Waals surface area contributed by atoms with E-state index in [1.54, 1.807) is 11.9 Å². The maximum absolute atomic E-state index is 10.5. The fourth-order valence-corrected chi connectivity index (χ4v) is 4.32. The highest BCUT2D eigenvalue weighted by molar-refractivity contribution is 5.79. The van der Waals surface area contributed by atoms with Gasteiger partial charge in [0.15, 0.2) is 5.96 Å². The molecule has 3 rings (SSSR count). The number of hydrogen-bond donors (Lipinski definition) is 2. The Kier molecular flexibility index (Phi) is 6.42. The van der Waals surface area contributed by atoms with E-state index in [1.807, 2.05) is 31.2 Å². The predicted molar refractivity (Wildman–Crippen MR) is 111 cm³/mol. The molecule has 0 aromatic heterocycles. The zero-order valence-corrected chi connectivity index (χ0v) is 16.6. The average Bonchev–Trinajstić information content (AvgIpc) is 2.66. The first-order chi connectivity index (χ1) is 13.0. The second-order valence-corrected chi connectivity index (χ2v) is 8.06. The van der Waals surface area contributed by atoms with E-state index in [0.717, 1.165) is 17.7 Å². The number of aliphatic hydroxyl groups is 1. The fourth-order valence-electron chi connectivity index (χ4n) is 4.32. The van der Waals surface area contributed by atoms with Crippen LogP contribution in [-0.4, -0.2) is 41.4 Å². The number of aliphatic imine (C=N–C) groups is 1. The van der Waals surface area contributed by atoms with Crippen molar-refractivity contribution in [1.82, 2.24) is 4.90 Å². The third-order valence-corrected chi connectivity index (χ3v) is 5.84. The van der Waals surface area contributed by atoms with Crippen molar-refractivity contribution in [3.05, 3.63) is 35.9 Å². The summed E-state index contributed by atoms with van der Waals surface area (Å²) >= 11 is 0. The van der Waals surface area contributed by atoms with E-state index in [-0.39, 0.29) is 0 Å². The Morgan fingerprint density at radius 3 is 2.81 bits per heavy atom. The standard InChI is InChI=1S/C22H33N3O2/c1-3-8-17-11-7-12-19(13-17)27-16-22(14-18-9-5-4-6-10-18)15-20(26)25(2)21(23)24-22/h3,7-8,11-13,18,20,26H,4-6,9-10,14-16H2,1-2H3,(H2,23,24). The van der Waals surface area contributed by atoms with E-state index < -0.39 is 11.8 Å². The average molecular weight is 372 g/mol. The Bertz CT molecular complexity index is 682. The number of allylic oxidation sites excluding steroid dienone is 1. The number of aliphatic hydroxyl groups excluding tert-OH is 1. The van der Waals surface area contributed by atoms with Crippen molar-refractivity contribution in [2.75, 3.05) is 13.7 Å². The van der Waals surface area contributed by atoms with Crippen LogP contribution in [0.4, 0.5) is 0 Å². The highest BCUT2D eigenvalue weighted by Gasteiger charge is 2.41. The van der Waals surface area contributed by atoms with E-state index in [2.05, 4.69) is 12.1 Å². The quantitative estimate of drug-likeness (QED) is 0.798. The smallest absolute Gasteiger partial charge is 0.193 e. The molecule has 5 nitrogen and oxygen atoms in total. The van der Waals surface area contributed by atoms with Gasteiger partial charge in [-0.2, -0.15) is 0 Å². The van der Waals surface area contributed by atoms with E-state index >= 15 is 0 Å². The predicted octanol–water partition coefficient (Wildman–Crippen LogP) is 3.78. The minimum absolute atomic E-state index is 0.399. The molecule has 0 amide bonds. The molecule has 148 valence electrons. The Morgan fingerprint density at radius 2 is 2.11 bits per heavy atom. The molecule has 5 heteroatoms. The van der Waals surface area contributed by atoms with Crippen LogP contribution in [-0.2, 0) is 0 Å². The number of nitrogens with two attached hydrogens (primary N) is 1. The molecule has 0 radical (unpaired) electrons. The maximum atomic E-state index is 10.5. The van der Waals surface area contributed by atoms with Crippen molar-refractivity contribution in [3.63, 3.8) is 0 Å². The van der Waals surface area contributed by atoms with Gasteiger partial charge in [0, 0.05) is 13.5 Å².